The van der Waals surface area contributed by atoms with Crippen molar-refractivity contribution in [3.8, 4) is 0 Å². The van der Waals surface area contributed by atoms with Gasteiger partial charge < -0.3 is 10.2 Å². The van der Waals surface area contributed by atoms with E-state index in [9.17, 15) is 21.9 Å². The molecule has 0 saturated heterocycles. The van der Waals surface area contributed by atoms with Gasteiger partial charge in [-0.15, -0.1) is 0 Å². The van der Waals surface area contributed by atoms with Crippen LogP contribution >= 0.6 is 0 Å². The van der Waals surface area contributed by atoms with Crippen LogP contribution in [0.25, 0.3) is 0 Å². The molecule has 0 heterocycles. The highest BCUT2D eigenvalue weighted by Gasteiger charge is 2.54. The van der Waals surface area contributed by atoms with E-state index in [-0.39, 0.29) is 0 Å². The predicted molar refractivity (Wildman–Crippen MR) is 79.4 cm³/mol. The first-order chi connectivity index (χ1) is 9.25. The maximum atomic E-state index is 11.9. The van der Waals surface area contributed by atoms with E-state index >= 15 is 0 Å². The summed E-state index contributed by atoms with van der Waals surface area (Å²) in [7, 11) is -7.61. The van der Waals surface area contributed by atoms with Crippen molar-refractivity contribution < 1.29 is 31.8 Å². The van der Waals surface area contributed by atoms with Gasteiger partial charge in [-0.05, 0) is 19.8 Å². The van der Waals surface area contributed by atoms with Gasteiger partial charge in [0.05, 0.1) is 6.10 Å². The third-order valence-corrected chi connectivity index (χ3v) is 9.24. The zero-order valence-electron chi connectivity index (χ0n) is 12.7. The number of carboxylic acids is 1. The first kappa shape index (κ1) is 20.3. The number of hydrogen-bond acceptors (Lipinski definition) is 6. The first-order valence-corrected chi connectivity index (χ1v) is 10.3. The topological polar surface area (TPSA) is 126 Å². The molecule has 7 nitrogen and oxygen atoms in total. The van der Waals surface area contributed by atoms with Crippen LogP contribution in [0.5, 0.6) is 0 Å². The first-order valence-electron chi connectivity index (χ1n) is 6.52. The Bertz CT molecular complexity index is 526. The van der Waals surface area contributed by atoms with E-state index in [1.807, 2.05) is 0 Å². The number of sulfone groups is 2. The van der Waals surface area contributed by atoms with E-state index in [1.54, 1.807) is 0 Å². The van der Waals surface area contributed by atoms with Crippen molar-refractivity contribution in [3.63, 3.8) is 0 Å². The van der Waals surface area contributed by atoms with Crippen molar-refractivity contribution in [2.24, 2.45) is 5.92 Å². The Morgan fingerprint density at radius 1 is 1.05 bits per heavy atom. The highest BCUT2D eigenvalue weighted by Crippen LogP contribution is 2.40. The molecular formula is C12H24O7S2. The van der Waals surface area contributed by atoms with E-state index in [4.69, 9.17) is 9.90 Å². The summed E-state index contributed by atoms with van der Waals surface area (Å²) < 4.78 is 45.5. The standard InChI is InChI=1S/C10H20O5S2.C2H4O2/c1-10(16(2,12)13,17(3,14)15)8-6-4-5-7-9(8)11;1-2(3)4/h8-9,11H,4-7H2,1-3H3;1H3,(H,3,4). The summed E-state index contributed by atoms with van der Waals surface area (Å²) in [6.45, 7) is 2.30. The number of aliphatic carboxylic acids is 1. The zero-order chi connectivity index (χ0) is 17.1. The normalized spacial score (nSPS) is 23.9. The van der Waals surface area contributed by atoms with Gasteiger partial charge in [0.15, 0.2) is 23.8 Å². The van der Waals surface area contributed by atoms with Gasteiger partial charge in [0, 0.05) is 25.4 Å². The molecule has 0 spiro atoms. The Morgan fingerprint density at radius 2 is 1.38 bits per heavy atom. The van der Waals surface area contributed by atoms with Crippen LogP contribution in [0.1, 0.15) is 39.5 Å². The van der Waals surface area contributed by atoms with Gasteiger partial charge in [-0.1, -0.05) is 12.8 Å². The molecule has 1 saturated carbocycles. The Hall–Kier alpha value is -0.670. The fraction of sp³-hybridized carbons (Fsp3) is 0.917. The van der Waals surface area contributed by atoms with E-state index in [0.717, 1.165) is 32.3 Å². The second-order valence-electron chi connectivity index (χ2n) is 5.54. The van der Waals surface area contributed by atoms with Crippen LogP contribution in [-0.4, -0.2) is 55.7 Å². The highest BCUT2D eigenvalue weighted by molar-refractivity contribution is 8.09. The average Bonchev–Trinajstić information content (AvgIpc) is 2.24. The van der Waals surface area contributed by atoms with Crippen LogP contribution < -0.4 is 0 Å². The summed E-state index contributed by atoms with van der Waals surface area (Å²) in [5.74, 6) is -1.57. The van der Waals surface area contributed by atoms with Crippen molar-refractivity contribution in [1.82, 2.24) is 0 Å². The lowest BCUT2D eigenvalue weighted by Crippen LogP contribution is -2.53. The van der Waals surface area contributed by atoms with Crippen LogP contribution in [-0.2, 0) is 24.5 Å². The van der Waals surface area contributed by atoms with Gasteiger partial charge in [-0.25, -0.2) is 16.8 Å². The van der Waals surface area contributed by atoms with Crippen LogP contribution in [0, 0.1) is 5.92 Å². The van der Waals surface area contributed by atoms with Crippen molar-refractivity contribution in [3.05, 3.63) is 0 Å². The Balaban J connectivity index is 0.000000885. The third kappa shape index (κ3) is 4.93. The Labute approximate surface area is 126 Å². The molecular weight excluding hydrogens is 320 g/mol. The van der Waals surface area contributed by atoms with Crippen molar-refractivity contribution in [2.75, 3.05) is 12.5 Å². The molecule has 21 heavy (non-hydrogen) atoms. The Morgan fingerprint density at radius 3 is 1.67 bits per heavy atom. The van der Waals surface area contributed by atoms with Crippen LogP contribution in [0.2, 0.25) is 0 Å². The summed E-state index contributed by atoms with van der Waals surface area (Å²) in [6, 6.07) is 0. The number of hydrogen-bond donors (Lipinski definition) is 2. The molecule has 2 atom stereocenters. The second-order valence-corrected chi connectivity index (χ2v) is 10.6. The number of aliphatic hydroxyl groups excluding tert-OH is 1. The van der Waals surface area contributed by atoms with E-state index in [1.165, 1.54) is 6.92 Å². The largest absolute Gasteiger partial charge is 0.481 e. The molecule has 0 radical (unpaired) electrons. The van der Waals surface area contributed by atoms with Gasteiger partial charge >= 0.3 is 0 Å². The Kier molecular flexibility index (Phi) is 6.83. The fourth-order valence-electron chi connectivity index (χ4n) is 2.55. The van der Waals surface area contributed by atoms with Gasteiger partial charge in [0.1, 0.15) is 0 Å². The molecule has 9 heteroatoms. The number of carboxylic acid groups (broad SMARTS) is 1. The zero-order valence-corrected chi connectivity index (χ0v) is 14.4. The van der Waals surface area contributed by atoms with E-state index in [2.05, 4.69) is 0 Å². The minimum atomic E-state index is -3.80. The minimum Gasteiger partial charge on any atom is -0.481 e. The van der Waals surface area contributed by atoms with Gasteiger partial charge in [-0.3, -0.25) is 4.79 Å². The average molecular weight is 344 g/mol. The van der Waals surface area contributed by atoms with Gasteiger partial charge in [0.25, 0.3) is 5.97 Å². The minimum absolute atomic E-state index is 0.428. The summed E-state index contributed by atoms with van der Waals surface area (Å²) >= 11 is 0. The molecule has 0 aromatic rings. The molecule has 2 N–H and O–H groups in total. The monoisotopic (exact) mass is 344 g/mol. The summed E-state index contributed by atoms with van der Waals surface area (Å²) in [5.41, 5.74) is 0. The second kappa shape index (κ2) is 7.06. The van der Waals surface area contributed by atoms with Crippen molar-refractivity contribution in [1.29, 1.82) is 0 Å². The molecule has 0 bridgehead atoms. The highest BCUT2D eigenvalue weighted by atomic mass is 32.3. The number of aliphatic hydroxyl groups is 1. The van der Waals surface area contributed by atoms with Crippen LogP contribution in [0.15, 0.2) is 0 Å². The van der Waals surface area contributed by atoms with E-state index < -0.39 is 41.7 Å². The summed E-state index contributed by atoms with van der Waals surface area (Å²) in [6.07, 6.45) is 3.44. The van der Waals surface area contributed by atoms with Crippen LogP contribution in [0.4, 0.5) is 0 Å². The molecule has 0 aromatic heterocycles. The number of carbonyl (C=O) groups is 1. The molecule has 0 amide bonds. The molecule has 1 aliphatic carbocycles. The van der Waals surface area contributed by atoms with Crippen molar-refractivity contribution >= 4 is 25.6 Å². The lowest BCUT2D eigenvalue weighted by Gasteiger charge is -2.39. The van der Waals surface area contributed by atoms with E-state index in [0.29, 0.717) is 12.8 Å². The lowest BCUT2D eigenvalue weighted by molar-refractivity contribution is -0.134. The smallest absolute Gasteiger partial charge is 0.300 e. The molecule has 1 rings (SSSR count). The molecule has 2 unspecified atom stereocenters. The van der Waals surface area contributed by atoms with Gasteiger partial charge in [-0.2, -0.15) is 0 Å². The third-order valence-electron chi connectivity index (χ3n) is 3.88. The molecule has 0 aromatic carbocycles. The maximum Gasteiger partial charge on any atom is 0.300 e. The molecule has 1 aliphatic rings. The van der Waals surface area contributed by atoms with Crippen molar-refractivity contribution in [2.45, 2.75) is 49.7 Å². The maximum absolute atomic E-state index is 11.9. The summed E-state index contributed by atoms with van der Waals surface area (Å²) in [4.78, 5) is 9.00. The summed E-state index contributed by atoms with van der Waals surface area (Å²) in [5, 5.41) is 17.3. The molecule has 0 aliphatic heterocycles. The SMILES string of the molecule is CC(=O)O.CC(C1CCCCC1O)(S(C)(=O)=O)S(C)(=O)=O. The lowest BCUT2D eigenvalue weighted by atomic mass is 9.84. The number of rotatable bonds is 3. The molecule has 1 fully saturated rings. The van der Waals surface area contributed by atoms with Gasteiger partial charge in [0.2, 0.25) is 0 Å². The quantitative estimate of drug-likeness (QED) is 0.760. The molecule has 126 valence electrons. The van der Waals surface area contributed by atoms with Crippen LogP contribution in [0.3, 0.4) is 0 Å². The predicted octanol–water partition coefficient (Wildman–Crippen LogP) is 0.434. The fourth-order valence-corrected chi connectivity index (χ4v) is 6.40.